The number of aromatic nitrogens is 2. The minimum absolute atomic E-state index is 0.0518. The van der Waals surface area contributed by atoms with Gasteiger partial charge in [-0.25, -0.2) is 14.8 Å². The molecule has 2 amide bonds. The maximum atomic E-state index is 12.7. The molecule has 7 nitrogen and oxygen atoms in total. The number of furan rings is 1. The van der Waals surface area contributed by atoms with Gasteiger partial charge in [0.15, 0.2) is 0 Å². The summed E-state index contributed by atoms with van der Waals surface area (Å²) in [7, 11) is 1.60. The maximum Gasteiger partial charge on any atom is 0.323 e. The molecule has 1 aliphatic rings. The number of hydrogen-bond donors (Lipinski definition) is 1. The third kappa shape index (κ3) is 3.73. The van der Waals surface area contributed by atoms with Gasteiger partial charge in [-0.1, -0.05) is 6.92 Å². The highest BCUT2D eigenvalue weighted by atomic mass is 16.5. The summed E-state index contributed by atoms with van der Waals surface area (Å²) in [5.74, 6) is 1.84. The Morgan fingerprint density at radius 1 is 1.50 bits per heavy atom. The number of nitrogens with zero attached hydrogens (tertiary/aromatic N) is 3. The molecule has 3 rings (SSSR count). The summed E-state index contributed by atoms with van der Waals surface area (Å²) in [6.45, 7) is 3.27. The molecule has 128 valence electrons. The predicted molar refractivity (Wildman–Crippen MR) is 88.3 cm³/mol. The van der Waals surface area contributed by atoms with Crippen LogP contribution in [-0.4, -0.2) is 34.6 Å². The quantitative estimate of drug-likeness (QED) is 0.931. The number of carbonyl (C=O) groups is 1. The topological polar surface area (TPSA) is 80.5 Å². The van der Waals surface area contributed by atoms with Gasteiger partial charge in [-0.2, -0.15) is 0 Å². The number of hydrogen-bond acceptors (Lipinski definition) is 5. The van der Waals surface area contributed by atoms with E-state index in [1.807, 2.05) is 17.0 Å². The predicted octanol–water partition coefficient (Wildman–Crippen LogP) is 3.22. The van der Waals surface area contributed by atoms with E-state index in [0.29, 0.717) is 24.9 Å². The third-order valence-electron chi connectivity index (χ3n) is 4.25. The summed E-state index contributed by atoms with van der Waals surface area (Å²) in [6.07, 6.45) is 4.93. The number of ether oxygens (including phenoxy) is 1. The summed E-state index contributed by atoms with van der Waals surface area (Å²) in [4.78, 5) is 22.8. The normalized spacial score (nSPS) is 20.8. The van der Waals surface area contributed by atoms with Gasteiger partial charge in [-0.15, -0.1) is 0 Å². The highest BCUT2D eigenvalue weighted by molar-refractivity contribution is 5.88. The Hall–Kier alpha value is -2.41. The fourth-order valence-corrected chi connectivity index (χ4v) is 3.01. The highest BCUT2D eigenvalue weighted by Crippen LogP contribution is 2.34. The first kappa shape index (κ1) is 16.4. The second kappa shape index (κ2) is 7.44. The Kier molecular flexibility index (Phi) is 5.10. The van der Waals surface area contributed by atoms with Crippen molar-refractivity contribution in [3.05, 3.63) is 42.2 Å². The van der Waals surface area contributed by atoms with E-state index >= 15 is 0 Å². The minimum Gasteiger partial charge on any atom is -0.467 e. The average Bonchev–Trinajstić information content (AvgIpc) is 3.09. The van der Waals surface area contributed by atoms with Crippen molar-refractivity contribution >= 4 is 11.8 Å². The summed E-state index contributed by atoms with van der Waals surface area (Å²) in [5, 5.41) is 2.86. The van der Waals surface area contributed by atoms with Gasteiger partial charge in [-0.05, 0) is 30.9 Å². The first-order chi connectivity index (χ1) is 11.7. The molecule has 0 saturated carbocycles. The van der Waals surface area contributed by atoms with Gasteiger partial charge >= 0.3 is 6.03 Å². The highest BCUT2D eigenvalue weighted by Gasteiger charge is 2.32. The molecule has 0 spiro atoms. The molecule has 0 unspecified atom stereocenters. The molecule has 0 aliphatic carbocycles. The second-order valence-electron chi connectivity index (χ2n) is 6.11. The van der Waals surface area contributed by atoms with E-state index in [4.69, 9.17) is 9.15 Å². The molecular weight excluding hydrogens is 308 g/mol. The zero-order valence-corrected chi connectivity index (χ0v) is 13.9. The fourth-order valence-electron chi connectivity index (χ4n) is 3.01. The lowest BCUT2D eigenvalue weighted by Crippen LogP contribution is -2.43. The number of urea groups is 1. The monoisotopic (exact) mass is 330 g/mol. The Labute approximate surface area is 141 Å². The summed E-state index contributed by atoms with van der Waals surface area (Å²) < 4.78 is 10.6. The molecule has 0 radical (unpaired) electrons. The van der Waals surface area contributed by atoms with Gasteiger partial charge in [-0.3, -0.25) is 5.32 Å². The van der Waals surface area contributed by atoms with Crippen molar-refractivity contribution in [1.29, 1.82) is 0 Å². The van der Waals surface area contributed by atoms with Crippen molar-refractivity contribution in [1.82, 2.24) is 14.9 Å². The van der Waals surface area contributed by atoms with Gasteiger partial charge in [0.05, 0.1) is 24.6 Å². The largest absolute Gasteiger partial charge is 0.467 e. The van der Waals surface area contributed by atoms with Crippen LogP contribution >= 0.6 is 0 Å². The van der Waals surface area contributed by atoms with Crippen molar-refractivity contribution in [3.8, 4) is 0 Å². The molecule has 2 aromatic heterocycles. The molecule has 2 atom stereocenters. The van der Waals surface area contributed by atoms with E-state index in [1.54, 1.807) is 19.4 Å². The second-order valence-corrected chi connectivity index (χ2v) is 6.11. The Morgan fingerprint density at radius 3 is 3.12 bits per heavy atom. The molecule has 1 aliphatic heterocycles. The smallest absolute Gasteiger partial charge is 0.323 e. The van der Waals surface area contributed by atoms with Gasteiger partial charge in [0.25, 0.3) is 0 Å². The van der Waals surface area contributed by atoms with Gasteiger partial charge in [0, 0.05) is 19.7 Å². The van der Waals surface area contributed by atoms with E-state index in [0.717, 1.165) is 24.3 Å². The first-order valence-corrected chi connectivity index (χ1v) is 8.08. The van der Waals surface area contributed by atoms with E-state index in [2.05, 4.69) is 22.2 Å². The zero-order valence-electron chi connectivity index (χ0n) is 13.9. The van der Waals surface area contributed by atoms with E-state index in [1.165, 1.54) is 6.33 Å². The van der Waals surface area contributed by atoms with E-state index in [-0.39, 0.29) is 12.1 Å². The minimum atomic E-state index is -0.176. The molecular formula is C17H22N4O3. The van der Waals surface area contributed by atoms with Crippen LogP contribution in [0.1, 0.15) is 37.3 Å². The van der Waals surface area contributed by atoms with Crippen LogP contribution in [0.25, 0.3) is 0 Å². The lowest BCUT2D eigenvalue weighted by molar-refractivity contribution is 0.129. The Balaban J connectivity index is 1.74. The molecule has 3 heterocycles. The van der Waals surface area contributed by atoms with Crippen molar-refractivity contribution in [2.45, 2.75) is 32.4 Å². The molecule has 7 heteroatoms. The number of nitrogens with one attached hydrogen (secondary N) is 1. The Bertz CT molecular complexity index is 674. The molecule has 0 bridgehead atoms. The Morgan fingerprint density at radius 2 is 2.38 bits per heavy atom. The van der Waals surface area contributed by atoms with Crippen molar-refractivity contribution in [2.24, 2.45) is 5.92 Å². The zero-order chi connectivity index (χ0) is 16.9. The van der Waals surface area contributed by atoms with Gasteiger partial charge in [0.1, 0.15) is 17.9 Å². The van der Waals surface area contributed by atoms with Crippen LogP contribution in [0, 0.1) is 5.92 Å². The van der Waals surface area contributed by atoms with Crippen LogP contribution in [0.2, 0.25) is 0 Å². The lowest BCUT2D eigenvalue weighted by atomic mass is 9.91. The molecule has 2 aromatic rings. The number of carbonyl (C=O) groups excluding carboxylic acids is 1. The molecule has 1 saturated heterocycles. The van der Waals surface area contributed by atoms with Crippen LogP contribution in [0.15, 0.2) is 35.2 Å². The van der Waals surface area contributed by atoms with E-state index in [9.17, 15) is 4.79 Å². The summed E-state index contributed by atoms with van der Waals surface area (Å²) >= 11 is 0. The first-order valence-electron chi connectivity index (χ1n) is 8.08. The molecule has 24 heavy (non-hydrogen) atoms. The number of methoxy groups -OCH3 is 1. The number of rotatable bonds is 4. The standard InChI is InChI=1S/C17H22N4O3/c1-12-5-6-21(14(8-12)15-4-3-7-24-15)17(22)20-16-9-13(10-23-2)18-11-19-16/h3-4,7,9,11-12,14H,5-6,8,10H2,1-2H3,(H,18,19,20,22)/t12-,14+/m0/s1. The van der Waals surface area contributed by atoms with Crippen molar-refractivity contribution in [3.63, 3.8) is 0 Å². The van der Waals surface area contributed by atoms with Gasteiger partial charge in [0.2, 0.25) is 0 Å². The van der Waals surface area contributed by atoms with Crippen molar-refractivity contribution < 1.29 is 13.9 Å². The lowest BCUT2D eigenvalue weighted by Gasteiger charge is -2.37. The van der Waals surface area contributed by atoms with Crippen LogP contribution in [-0.2, 0) is 11.3 Å². The number of anilines is 1. The van der Waals surface area contributed by atoms with Gasteiger partial charge < -0.3 is 14.1 Å². The summed E-state index contributed by atoms with van der Waals surface area (Å²) in [5.41, 5.74) is 0.720. The van der Waals surface area contributed by atoms with Crippen molar-refractivity contribution in [2.75, 3.05) is 19.0 Å². The average molecular weight is 330 g/mol. The van der Waals surface area contributed by atoms with Crippen LogP contribution in [0.4, 0.5) is 10.6 Å². The molecule has 0 aromatic carbocycles. The number of amides is 2. The summed E-state index contributed by atoms with van der Waals surface area (Å²) in [6, 6.07) is 5.27. The molecule has 1 fully saturated rings. The van der Waals surface area contributed by atoms with Crippen LogP contribution in [0.5, 0.6) is 0 Å². The van der Waals surface area contributed by atoms with E-state index < -0.39 is 0 Å². The maximum absolute atomic E-state index is 12.7. The molecule has 1 N–H and O–H groups in total. The number of likely N-dealkylation sites (tertiary alicyclic amines) is 1. The fraction of sp³-hybridized carbons (Fsp3) is 0.471. The third-order valence-corrected chi connectivity index (χ3v) is 4.25. The van der Waals surface area contributed by atoms with Crippen LogP contribution in [0.3, 0.4) is 0 Å². The SMILES string of the molecule is COCc1cc(NC(=O)N2CC[C@H](C)C[C@@H]2c2ccco2)ncn1. The number of piperidine rings is 1. The van der Waals surface area contributed by atoms with Crippen LogP contribution < -0.4 is 5.32 Å².